The summed E-state index contributed by atoms with van der Waals surface area (Å²) in [5.74, 6) is -1.63. The van der Waals surface area contributed by atoms with Crippen molar-refractivity contribution in [3.63, 3.8) is 0 Å². The van der Waals surface area contributed by atoms with Crippen LogP contribution in [0.2, 0.25) is 0 Å². The molecule has 4 N–H and O–H groups in total. The third kappa shape index (κ3) is 3.66. The van der Waals surface area contributed by atoms with Gasteiger partial charge in [0.05, 0.1) is 5.52 Å². The van der Waals surface area contributed by atoms with Crippen LogP contribution in [0, 0.1) is 0 Å². The first-order valence-electron chi connectivity index (χ1n) is 9.19. The van der Waals surface area contributed by atoms with E-state index in [0.29, 0.717) is 5.52 Å². The van der Waals surface area contributed by atoms with Crippen molar-refractivity contribution in [2.24, 2.45) is 5.73 Å². The molecule has 0 aliphatic heterocycles. The normalized spacial score (nSPS) is 12.0. The van der Waals surface area contributed by atoms with E-state index in [4.69, 9.17) is 10.8 Å². The summed E-state index contributed by atoms with van der Waals surface area (Å²) in [6.07, 6.45) is 0. The van der Waals surface area contributed by atoms with Gasteiger partial charge in [0, 0.05) is 17.5 Å². The predicted molar refractivity (Wildman–Crippen MR) is 113 cm³/mol. The maximum absolute atomic E-state index is 12.5. The lowest BCUT2D eigenvalue weighted by molar-refractivity contribution is -0.138. The van der Waals surface area contributed by atoms with Gasteiger partial charge in [-0.3, -0.25) is 9.59 Å². The molecule has 0 saturated heterocycles. The van der Waals surface area contributed by atoms with Crippen molar-refractivity contribution in [3.05, 3.63) is 78.5 Å². The SMILES string of the molecule is NC(CNC(=O)c1ccc2cccc(-c3cccc4ccccc34)c2n1)C(=O)O. The molecule has 4 aromatic rings. The number of hydrogen-bond acceptors (Lipinski definition) is 4. The number of nitrogens with one attached hydrogen (secondary N) is 1. The third-order valence-electron chi connectivity index (χ3n) is 4.83. The van der Waals surface area contributed by atoms with E-state index < -0.39 is 17.9 Å². The summed E-state index contributed by atoms with van der Waals surface area (Å²) in [6, 6.07) is 22.4. The van der Waals surface area contributed by atoms with Crippen LogP contribution in [0.15, 0.2) is 72.8 Å². The van der Waals surface area contributed by atoms with Crippen molar-refractivity contribution < 1.29 is 14.7 Å². The zero-order valence-electron chi connectivity index (χ0n) is 15.5. The maximum Gasteiger partial charge on any atom is 0.322 e. The summed E-state index contributed by atoms with van der Waals surface area (Å²) in [5, 5.41) is 14.5. The standard InChI is InChI=1S/C23H19N3O3/c24-19(23(28)29)13-25-22(27)20-12-11-15-7-4-10-18(21(15)26-20)17-9-3-6-14-5-1-2-8-16(14)17/h1-12,19H,13,24H2,(H,25,27)(H,28,29). The number of carbonyl (C=O) groups is 2. The summed E-state index contributed by atoms with van der Waals surface area (Å²) in [7, 11) is 0. The highest BCUT2D eigenvalue weighted by Crippen LogP contribution is 2.33. The summed E-state index contributed by atoms with van der Waals surface area (Å²) in [6.45, 7) is -0.168. The smallest absolute Gasteiger partial charge is 0.322 e. The van der Waals surface area contributed by atoms with Gasteiger partial charge >= 0.3 is 5.97 Å². The second-order valence-electron chi connectivity index (χ2n) is 6.76. The summed E-state index contributed by atoms with van der Waals surface area (Å²) in [4.78, 5) is 27.9. The van der Waals surface area contributed by atoms with E-state index in [1.54, 1.807) is 6.07 Å². The van der Waals surface area contributed by atoms with Crippen molar-refractivity contribution >= 4 is 33.6 Å². The van der Waals surface area contributed by atoms with Crippen LogP contribution in [0.4, 0.5) is 0 Å². The van der Waals surface area contributed by atoms with Crippen LogP contribution in [0.3, 0.4) is 0 Å². The number of nitrogens with two attached hydrogens (primary N) is 1. The monoisotopic (exact) mass is 385 g/mol. The van der Waals surface area contributed by atoms with Crippen LogP contribution in [-0.2, 0) is 4.79 Å². The molecule has 0 saturated carbocycles. The van der Waals surface area contributed by atoms with Gasteiger partial charge in [-0.25, -0.2) is 4.98 Å². The first-order valence-corrected chi connectivity index (χ1v) is 9.19. The number of carboxylic acids is 1. The molecule has 144 valence electrons. The molecule has 0 spiro atoms. The Morgan fingerprint density at radius 1 is 0.897 bits per heavy atom. The topological polar surface area (TPSA) is 105 Å². The van der Waals surface area contributed by atoms with E-state index in [1.807, 2.05) is 48.5 Å². The zero-order chi connectivity index (χ0) is 20.4. The fraction of sp³-hybridized carbons (Fsp3) is 0.0870. The van der Waals surface area contributed by atoms with Crippen LogP contribution in [0.5, 0.6) is 0 Å². The molecular formula is C23H19N3O3. The van der Waals surface area contributed by atoms with Gasteiger partial charge < -0.3 is 16.2 Å². The highest BCUT2D eigenvalue weighted by Gasteiger charge is 2.16. The number of nitrogens with zero attached hydrogens (tertiary/aromatic N) is 1. The van der Waals surface area contributed by atoms with Crippen LogP contribution >= 0.6 is 0 Å². The van der Waals surface area contributed by atoms with Gasteiger partial charge in [0.2, 0.25) is 0 Å². The average molecular weight is 385 g/mol. The minimum absolute atomic E-state index is 0.168. The van der Waals surface area contributed by atoms with Crippen molar-refractivity contribution in [2.45, 2.75) is 6.04 Å². The molecule has 3 aromatic carbocycles. The van der Waals surface area contributed by atoms with Gasteiger partial charge in [0.15, 0.2) is 0 Å². The predicted octanol–water partition coefficient (Wildman–Crippen LogP) is 3.20. The number of carbonyl (C=O) groups excluding carboxylic acids is 1. The molecule has 1 aromatic heterocycles. The fourth-order valence-electron chi connectivity index (χ4n) is 3.33. The number of para-hydroxylation sites is 1. The molecule has 6 nitrogen and oxygen atoms in total. The van der Waals surface area contributed by atoms with Crippen LogP contribution in [0.25, 0.3) is 32.8 Å². The van der Waals surface area contributed by atoms with Gasteiger partial charge in [0.25, 0.3) is 5.91 Å². The van der Waals surface area contributed by atoms with Crippen molar-refractivity contribution in [1.82, 2.24) is 10.3 Å². The molecule has 1 heterocycles. The number of fused-ring (bicyclic) bond motifs is 2. The number of aromatic nitrogens is 1. The molecule has 1 amide bonds. The Balaban J connectivity index is 1.77. The molecule has 1 unspecified atom stereocenters. The number of aliphatic carboxylic acids is 1. The maximum atomic E-state index is 12.5. The first kappa shape index (κ1) is 18.6. The average Bonchev–Trinajstić information content (AvgIpc) is 2.76. The number of rotatable bonds is 5. The number of hydrogen-bond donors (Lipinski definition) is 3. The highest BCUT2D eigenvalue weighted by molar-refractivity contribution is 6.05. The number of amides is 1. The van der Waals surface area contributed by atoms with E-state index in [1.165, 1.54) is 0 Å². The van der Waals surface area contributed by atoms with E-state index in [9.17, 15) is 9.59 Å². The molecule has 29 heavy (non-hydrogen) atoms. The molecule has 0 fully saturated rings. The third-order valence-corrected chi connectivity index (χ3v) is 4.83. The number of pyridine rings is 1. The van der Waals surface area contributed by atoms with Crippen LogP contribution < -0.4 is 11.1 Å². The molecule has 0 aliphatic carbocycles. The van der Waals surface area contributed by atoms with Gasteiger partial charge in [-0.05, 0) is 22.4 Å². The molecule has 0 radical (unpaired) electrons. The minimum Gasteiger partial charge on any atom is -0.480 e. The Kier molecular flexibility index (Phi) is 4.93. The van der Waals surface area contributed by atoms with Gasteiger partial charge in [-0.1, -0.05) is 66.7 Å². The van der Waals surface area contributed by atoms with Gasteiger partial charge in [0.1, 0.15) is 11.7 Å². The first-order chi connectivity index (χ1) is 14.0. The van der Waals surface area contributed by atoms with Gasteiger partial charge in [-0.2, -0.15) is 0 Å². The molecule has 6 heteroatoms. The van der Waals surface area contributed by atoms with Crippen molar-refractivity contribution in [3.8, 4) is 11.1 Å². The molecule has 0 bridgehead atoms. The highest BCUT2D eigenvalue weighted by atomic mass is 16.4. The molecular weight excluding hydrogens is 366 g/mol. The number of benzene rings is 3. The van der Waals surface area contributed by atoms with E-state index in [2.05, 4.69) is 28.5 Å². The van der Waals surface area contributed by atoms with E-state index in [-0.39, 0.29) is 12.2 Å². The quantitative estimate of drug-likeness (QED) is 0.489. The summed E-state index contributed by atoms with van der Waals surface area (Å²) in [5.41, 5.74) is 8.33. The van der Waals surface area contributed by atoms with Crippen LogP contribution in [0.1, 0.15) is 10.5 Å². The number of carboxylic acid groups (broad SMARTS) is 1. The Bertz CT molecular complexity index is 1230. The van der Waals surface area contributed by atoms with E-state index in [0.717, 1.165) is 27.3 Å². The van der Waals surface area contributed by atoms with E-state index >= 15 is 0 Å². The Morgan fingerprint density at radius 3 is 2.38 bits per heavy atom. The lowest BCUT2D eigenvalue weighted by atomic mass is 9.96. The lowest BCUT2D eigenvalue weighted by Crippen LogP contribution is -2.42. The largest absolute Gasteiger partial charge is 0.480 e. The van der Waals surface area contributed by atoms with Crippen molar-refractivity contribution in [1.29, 1.82) is 0 Å². The Labute approximate surface area is 167 Å². The molecule has 4 rings (SSSR count). The minimum atomic E-state index is -1.17. The fourth-order valence-corrected chi connectivity index (χ4v) is 3.33. The molecule has 0 aliphatic rings. The van der Waals surface area contributed by atoms with Crippen molar-refractivity contribution in [2.75, 3.05) is 6.54 Å². The Morgan fingerprint density at radius 2 is 1.59 bits per heavy atom. The van der Waals surface area contributed by atoms with Crippen LogP contribution in [-0.4, -0.2) is 34.6 Å². The Hall–Kier alpha value is -3.77. The summed E-state index contributed by atoms with van der Waals surface area (Å²) < 4.78 is 0. The second kappa shape index (κ2) is 7.69. The summed E-state index contributed by atoms with van der Waals surface area (Å²) >= 11 is 0. The zero-order valence-corrected chi connectivity index (χ0v) is 15.5. The molecule has 1 atom stereocenters. The van der Waals surface area contributed by atoms with Gasteiger partial charge in [-0.15, -0.1) is 0 Å². The lowest BCUT2D eigenvalue weighted by Gasteiger charge is -2.12. The second-order valence-corrected chi connectivity index (χ2v) is 6.76.